The van der Waals surface area contributed by atoms with E-state index in [0.717, 1.165) is 32.3 Å². The molecule has 190 valence electrons. The van der Waals surface area contributed by atoms with E-state index in [9.17, 15) is 28.4 Å². The molecule has 0 unspecified atom stereocenters. The molecular weight excluding hydrogens is 489 g/mol. The lowest BCUT2D eigenvalue weighted by atomic mass is 10.1. The quantitative estimate of drug-likeness (QED) is 0.323. The van der Waals surface area contributed by atoms with Gasteiger partial charge in [-0.3, -0.25) is 5.32 Å². The van der Waals surface area contributed by atoms with Gasteiger partial charge in [0, 0.05) is 35.1 Å². The van der Waals surface area contributed by atoms with Gasteiger partial charge in [-0.05, 0) is 42.3 Å². The van der Waals surface area contributed by atoms with Crippen molar-refractivity contribution in [2.75, 3.05) is 0 Å². The van der Waals surface area contributed by atoms with Gasteiger partial charge in [-0.1, -0.05) is 24.3 Å². The molecule has 0 aliphatic rings. The number of aromatic nitrogens is 2. The second kappa shape index (κ2) is 11.4. The molecule has 4 rings (SSSR count). The lowest BCUT2D eigenvalue weighted by Gasteiger charge is -2.10. The molecule has 0 atom stereocenters. The molecule has 0 fully saturated rings. The zero-order valence-electron chi connectivity index (χ0n) is 19.5. The highest BCUT2D eigenvalue weighted by Gasteiger charge is 2.28. The fourth-order valence-corrected chi connectivity index (χ4v) is 3.62. The predicted octanol–water partition coefficient (Wildman–Crippen LogP) is 1.71. The van der Waals surface area contributed by atoms with Crippen LogP contribution in [0.4, 0.5) is 13.2 Å². The number of amides is 1. The third kappa shape index (κ3) is 6.93. The summed E-state index contributed by atoms with van der Waals surface area (Å²) in [5.41, 5.74) is 5.16. The maximum Gasteiger partial charge on any atom is 0.430 e. The number of primary amides is 1. The lowest BCUT2D eigenvalue weighted by molar-refractivity contribution is -0.606. The number of nitriles is 1. The van der Waals surface area contributed by atoms with Crippen LogP contribution in [0.25, 0.3) is 10.9 Å². The van der Waals surface area contributed by atoms with E-state index in [1.54, 1.807) is 23.5 Å². The number of carbonyl (C=O) groups excluding carboxylic acids is 2. The number of carboxylic acids is 1. The van der Waals surface area contributed by atoms with Crippen molar-refractivity contribution in [1.82, 2.24) is 4.57 Å². The van der Waals surface area contributed by atoms with E-state index in [1.807, 2.05) is 54.0 Å². The van der Waals surface area contributed by atoms with Crippen LogP contribution in [0.1, 0.15) is 32.7 Å². The Bertz CT molecular complexity index is 1470. The van der Waals surface area contributed by atoms with Gasteiger partial charge < -0.3 is 19.7 Å². The van der Waals surface area contributed by atoms with Gasteiger partial charge in [0.1, 0.15) is 18.2 Å². The Morgan fingerprint density at radius 3 is 2.32 bits per heavy atom. The van der Waals surface area contributed by atoms with Gasteiger partial charge in [-0.15, -0.1) is 0 Å². The number of hydrogen-bond acceptors (Lipinski definition) is 5. The number of pyridine rings is 1. The highest BCUT2D eigenvalue weighted by Crippen LogP contribution is 2.24. The van der Waals surface area contributed by atoms with Gasteiger partial charge >= 0.3 is 12.1 Å². The molecule has 1 amide bonds. The zero-order chi connectivity index (χ0) is 27.2. The normalized spacial score (nSPS) is 10.9. The van der Waals surface area contributed by atoms with Crippen molar-refractivity contribution in [1.29, 1.82) is 5.26 Å². The molecule has 0 spiro atoms. The number of rotatable bonds is 5. The molecule has 8 nitrogen and oxygen atoms in total. The average Bonchev–Trinajstić information content (AvgIpc) is 3.23. The third-order valence-electron chi connectivity index (χ3n) is 5.44. The molecule has 2 aromatic heterocycles. The summed E-state index contributed by atoms with van der Waals surface area (Å²) in [5, 5.41) is 31.9. The molecular formula is C26H21F3N4O4. The van der Waals surface area contributed by atoms with Crippen LogP contribution < -0.4 is 15.2 Å². The Labute approximate surface area is 209 Å². The van der Waals surface area contributed by atoms with Crippen molar-refractivity contribution in [2.24, 2.45) is 0 Å². The molecule has 2 aromatic carbocycles. The molecule has 37 heavy (non-hydrogen) atoms. The largest absolute Gasteiger partial charge is 0.619 e. The van der Waals surface area contributed by atoms with Crippen LogP contribution in [-0.2, 0) is 17.9 Å². The van der Waals surface area contributed by atoms with Crippen molar-refractivity contribution in [3.63, 3.8) is 0 Å². The lowest BCUT2D eigenvalue weighted by Crippen LogP contribution is -2.86. The number of quaternary nitrogens is 1. The molecule has 2 heterocycles. The molecule has 0 aliphatic heterocycles. The van der Waals surface area contributed by atoms with E-state index in [4.69, 9.17) is 9.90 Å². The zero-order valence-corrected chi connectivity index (χ0v) is 19.5. The molecule has 0 saturated carbocycles. The number of fused-ring (bicyclic) bond motifs is 1. The number of aliphatic carboxylic acids is 1. The summed E-state index contributed by atoms with van der Waals surface area (Å²) in [6.45, 7) is 2.98. The van der Waals surface area contributed by atoms with Crippen molar-refractivity contribution >= 4 is 22.8 Å². The first-order chi connectivity index (χ1) is 17.5. The molecule has 4 aromatic rings. The van der Waals surface area contributed by atoms with E-state index in [1.165, 1.54) is 12.4 Å². The van der Waals surface area contributed by atoms with Gasteiger partial charge in [0.15, 0.2) is 12.4 Å². The Hall–Kier alpha value is -4.69. The summed E-state index contributed by atoms with van der Waals surface area (Å²) in [6.07, 6.45) is -2.34. The number of nitrogens with two attached hydrogens (primary N) is 1. The van der Waals surface area contributed by atoms with Crippen LogP contribution >= 0.6 is 0 Å². The smallest absolute Gasteiger partial charge is 0.430 e. The van der Waals surface area contributed by atoms with Gasteiger partial charge in [0.05, 0.1) is 11.6 Å². The number of hydrogen-bond donors (Lipinski definition) is 1. The van der Waals surface area contributed by atoms with E-state index in [-0.39, 0.29) is 5.91 Å². The number of halogens is 3. The number of benzene rings is 2. The topological polar surface area (TPSA) is 129 Å². The maximum absolute atomic E-state index is 13.1. The van der Waals surface area contributed by atoms with Crippen LogP contribution in [-0.4, -0.2) is 22.6 Å². The minimum atomic E-state index is -5.19. The Morgan fingerprint density at radius 2 is 1.70 bits per heavy atom. The summed E-state index contributed by atoms with van der Waals surface area (Å²) >= 11 is 0. The summed E-state index contributed by atoms with van der Waals surface area (Å²) < 4.78 is 34.3. The molecule has 11 heteroatoms. The van der Waals surface area contributed by atoms with Crippen molar-refractivity contribution in [3.05, 3.63) is 106 Å². The van der Waals surface area contributed by atoms with Gasteiger partial charge in [-0.25, -0.2) is 4.79 Å². The van der Waals surface area contributed by atoms with E-state index < -0.39 is 12.1 Å². The van der Waals surface area contributed by atoms with Gasteiger partial charge in [0.2, 0.25) is 0 Å². The van der Waals surface area contributed by atoms with Crippen LogP contribution in [0.2, 0.25) is 0 Å². The fraction of sp³-hybridized carbons (Fsp3) is 0.154. The first kappa shape index (κ1) is 26.9. The number of alkyl halides is 3. The Balaban J connectivity index is 0.000000479. The summed E-state index contributed by atoms with van der Waals surface area (Å²) in [6, 6.07) is 21.0. The number of carbonyl (C=O) groups is 2. The second-order valence-corrected chi connectivity index (χ2v) is 8.06. The summed E-state index contributed by atoms with van der Waals surface area (Å²) in [5.74, 6) is -3.08. The maximum atomic E-state index is 13.1. The number of carboxylic acid groups (broad SMARTS) is 1. The fourth-order valence-electron chi connectivity index (χ4n) is 3.62. The van der Waals surface area contributed by atoms with Crippen molar-refractivity contribution < 1.29 is 37.9 Å². The highest BCUT2D eigenvalue weighted by atomic mass is 19.4. The first-order valence-corrected chi connectivity index (χ1v) is 10.9. The second-order valence-electron chi connectivity index (χ2n) is 8.06. The standard InChI is InChI=1S/C24H20N4O2.C2HF3O2/c1-17-4-2-7-22-21(17)13-23(24(29)26-15-18-8-10-27(30)11-9-18)28(22)16-20-6-3-5-19(12-20)14-25;3-2(4,5)1(6)7/h2-13H,15-16H2,1H3,(H,26,29);(H,6,7). The van der Waals surface area contributed by atoms with Crippen molar-refractivity contribution in [3.8, 4) is 6.07 Å². The molecule has 0 aliphatic carbocycles. The van der Waals surface area contributed by atoms with Crippen LogP contribution in [0.5, 0.6) is 0 Å². The average molecular weight is 510 g/mol. The van der Waals surface area contributed by atoms with Crippen LogP contribution in [0.3, 0.4) is 0 Å². The van der Waals surface area contributed by atoms with Crippen LogP contribution in [0.15, 0.2) is 73.1 Å². The molecule has 0 bridgehead atoms. The highest BCUT2D eigenvalue weighted by molar-refractivity contribution is 5.95. The molecule has 0 radical (unpaired) electrons. The number of nitrogens with zero attached hydrogens (tertiary/aromatic N) is 3. The molecule has 0 saturated heterocycles. The summed E-state index contributed by atoms with van der Waals surface area (Å²) in [7, 11) is 0. The van der Waals surface area contributed by atoms with E-state index in [2.05, 4.69) is 6.07 Å². The molecule has 2 N–H and O–H groups in total. The van der Waals surface area contributed by atoms with Gasteiger partial charge in [-0.2, -0.15) is 23.2 Å². The first-order valence-electron chi connectivity index (χ1n) is 10.9. The SMILES string of the molecule is Cc1cccc2c1cc(C(=O)[NH2+]Cc1cc[n+]([O-])cc1)n2Cc1cccc(C#N)c1.O=C([O-])C(F)(F)F. The van der Waals surface area contributed by atoms with Crippen molar-refractivity contribution in [2.45, 2.75) is 26.2 Å². The minimum Gasteiger partial charge on any atom is -0.619 e. The van der Waals surface area contributed by atoms with Gasteiger partial charge in [0.25, 0.3) is 0 Å². The Morgan fingerprint density at radius 1 is 1.05 bits per heavy atom. The monoisotopic (exact) mass is 510 g/mol. The number of aryl methyl sites for hydroxylation is 1. The predicted molar refractivity (Wildman–Crippen MR) is 123 cm³/mol. The summed E-state index contributed by atoms with van der Waals surface area (Å²) in [4.78, 5) is 21.9. The minimum absolute atomic E-state index is 0.0686. The van der Waals surface area contributed by atoms with Crippen LogP contribution in [0, 0.1) is 23.5 Å². The van der Waals surface area contributed by atoms with E-state index >= 15 is 0 Å². The third-order valence-corrected chi connectivity index (χ3v) is 5.44. The Kier molecular flexibility index (Phi) is 8.26. The van der Waals surface area contributed by atoms with E-state index in [0.29, 0.717) is 24.3 Å².